The summed E-state index contributed by atoms with van der Waals surface area (Å²) in [5.41, 5.74) is 0.553. The van der Waals surface area contributed by atoms with Gasteiger partial charge in [0.2, 0.25) is 0 Å². The predicted molar refractivity (Wildman–Crippen MR) is 119 cm³/mol. The number of hydrogen-bond donors (Lipinski definition) is 0. The summed E-state index contributed by atoms with van der Waals surface area (Å²) in [6.45, 7) is 3.84. The van der Waals surface area contributed by atoms with Gasteiger partial charge in [0.1, 0.15) is 11.6 Å². The molecule has 0 spiro atoms. The number of ether oxygens (including phenoxy) is 3. The van der Waals surface area contributed by atoms with Gasteiger partial charge in [-0.25, -0.2) is 17.6 Å². The minimum Gasteiger partial charge on any atom is -0.494 e. The van der Waals surface area contributed by atoms with Gasteiger partial charge in [-0.3, -0.25) is 0 Å². The lowest BCUT2D eigenvalue weighted by atomic mass is 9.90. The van der Waals surface area contributed by atoms with Gasteiger partial charge in [-0.2, -0.15) is 0 Å². The Morgan fingerprint density at radius 2 is 1.82 bits per heavy atom. The minimum atomic E-state index is -3.37. The van der Waals surface area contributed by atoms with Crippen LogP contribution in [-0.4, -0.2) is 25.7 Å². The van der Waals surface area contributed by atoms with Gasteiger partial charge in [-0.05, 0) is 61.4 Å². The second-order valence-corrected chi connectivity index (χ2v) is 8.61. The highest BCUT2D eigenvalue weighted by atomic mass is 19.3. The SMILES string of the molecule is CCCCC1CCC(c2ccc(CC(F)(F)COc3ccc(OCC)cc3F)c(F)c2)OC1. The summed E-state index contributed by atoms with van der Waals surface area (Å²) >= 11 is 0. The fraction of sp³-hybridized carbons (Fsp3) is 0.538. The van der Waals surface area contributed by atoms with Crippen molar-refractivity contribution in [3.8, 4) is 11.5 Å². The van der Waals surface area contributed by atoms with Crippen molar-refractivity contribution in [2.24, 2.45) is 5.92 Å². The Balaban J connectivity index is 1.55. The Morgan fingerprint density at radius 3 is 2.45 bits per heavy atom. The molecule has 1 aliphatic heterocycles. The van der Waals surface area contributed by atoms with Crippen LogP contribution in [0.2, 0.25) is 0 Å². The van der Waals surface area contributed by atoms with Crippen LogP contribution in [0.1, 0.15) is 63.2 Å². The summed E-state index contributed by atoms with van der Waals surface area (Å²) in [7, 11) is 0. The van der Waals surface area contributed by atoms with Crippen LogP contribution in [0.4, 0.5) is 17.6 Å². The minimum absolute atomic E-state index is 0.115. The van der Waals surface area contributed by atoms with Crippen LogP contribution in [0.5, 0.6) is 11.5 Å². The molecule has 1 aliphatic rings. The number of benzene rings is 2. The Kier molecular flexibility index (Phi) is 9.01. The topological polar surface area (TPSA) is 27.7 Å². The van der Waals surface area contributed by atoms with Gasteiger partial charge in [-0.15, -0.1) is 0 Å². The zero-order valence-corrected chi connectivity index (χ0v) is 19.2. The van der Waals surface area contributed by atoms with Crippen molar-refractivity contribution in [3.05, 3.63) is 59.2 Å². The van der Waals surface area contributed by atoms with Crippen LogP contribution in [-0.2, 0) is 11.2 Å². The van der Waals surface area contributed by atoms with Crippen LogP contribution in [0.15, 0.2) is 36.4 Å². The molecule has 7 heteroatoms. The Labute approximate surface area is 193 Å². The fourth-order valence-corrected chi connectivity index (χ4v) is 4.06. The van der Waals surface area contributed by atoms with Crippen molar-refractivity contribution in [1.29, 1.82) is 0 Å². The van der Waals surface area contributed by atoms with E-state index in [1.54, 1.807) is 13.0 Å². The van der Waals surface area contributed by atoms with E-state index in [1.165, 1.54) is 30.7 Å². The molecule has 0 saturated carbocycles. The summed E-state index contributed by atoms with van der Waals surface area (Å²) in [6.07, 6.45) is 4.22. The van der Waals surface area contributed by atoms with Crippen molar-refractivity contribution >= 4 is 0 Å². The first-order chi connectivity index (χ1) is 15.8. The molecule has 2 unspecified atom stereocenters. The molecule has 0 aliphatic carbocycles. The number of alkyl halides is 2. The maximum absolute atomic E-state index is 14.6. The Morgan fingerprint density at radius 1 is 1.00 bits per heavy atom. The van der Waals surface area contributed by atoms with Gasteiger partial charge < -0.3 is 14.2 Å². The van der Waals surface area contributed by atoms with Gasteiger partial charge in [0.15, 0.2) is 18.2 Å². The molecular weight excluding hydrogens is 436 g/mol. The highest BCUT2D eigenvalue weighted by Gasteiger charge is 2.32. The molecule has 0 amide bonds. The van der Waals surface area contributed by atoms with Crippen molar-refractivity contribution in [1.82, 2.24) is 0 Å². The Bertz CT molecular complexity index is 895. The smallest absolute Gasteiger partial charge is 0.285 e. The molecule has 0 N–H and O–H groups in total. The standard InChI is InChI=1S/C26H32F4O3/c1-3-5-6-18-7-11-24(32-16-18)19-8-9-20(22(27)13-19)15-26(29,30)17-33-25-12-10-21(31-4-2)14-23(25)28/h8-10,12-14,18,24H,3-7,11,15-17H2,1-2H3. The molecule has 33 heavy (non-hydrogen) atoms. The molecular formula is C26H32F4O3. The highest BCUT2D eigenvalue weighted by molar-refractivity contribution is 5.33. The molecule has 1 saturated heterocycles. The third-order valence-corrected chi connectivity index (χ3v) is 5.89. The summed E-state index contributed by atoms with van der Waals surface area (Å²) in [6, 6.07) is 8.08. The Hall–Kier alpha value is -2.28. The van der Waals surface area contributed by atoms with Crippen LogP contribution in [0.3, 0.4) is 0 Å². The molecule has 2 aromatic rings. The van der Waals surface area contributed by atoms with E-state index in [2.05, 4.69) is 6.92 Å². The van der Waals surface area contributed by atoms with Gasteiger partial charge in [0, 0.05) is 12.5 Å². The number of halogens is 4. The van der Waals surface area contributed by atoms with E-state index in [9.17, 15) is 17.6 Å². The predicted octanol–water partition coefficient (Wildman–Crippen LogP) is 7.28. The summed E-state index contributed by atoms with van der Waals surface area (Å²) < 4.78 is 73.6. The number of unbranched alkanes of at least 4 members (excludes halogenated alkanes) is 1. The zero-order chi connectivity index (χ0) is 23.8. The molecule has 182 valence electrons. The molecule has 0 radical (unpaired) electrons. The quantitative estimate of drug-likeness (QED) is 0.324. The zero-order valence-electron chi connectivity index (χ0n) is 19.2. The average molecular weight is 469 g/mol. The lowest BCUT2D eigenvalue weighted by Gasteiger charge is -2.29. The van der Waals surface area contributed by atoms with E-state index in [0.717, 1.165) is 31.7 Å². The monoisotopic (exact) mass is 468 g/mol. The molecule has 2 aromatic carbocycles. The van der Waals surface area contributed by atoms with E-state index in [0.29, 0.717) is 24.7 Å². The molecule has 0 bridgehead atoms. The molecule has 1 fully saturated rings. The molecule has 0 aromatic heterocycles. The first-order valence-corrected chi connectivity index (χ1v) is 11.6. The second-order valence-electron chi connectivity index (χ2n) is 8.61. The average Bonchev–Trinajstić information content (AvgIpc) is 2.79. The lowest BCUT2D eigenvalue weighted by Crippen LogP contribution is -2.29. The van der Waals surface area contributed by atoms with E-state index >= 15 is 0 Å². The van der Waals surface area contributed by atoms with Gasteiger partial charge >= 0.3 is 0 Å². The third-order valence-electron chi connectivity index (χ3n) is 5.89. The normalized spacial score (nSPS) is 18.8. The van der Waals surface area contributed by atoms with Gasteiger partial charge in [0.25, 0.3) is 5.92 Å². The highest BCUT2D eigenvalue weighted by Crippen LogP contribution is 2.34. The van der Waals surface area contributed by atoms with E-state index < -0.39 is 30.6 Å². The molecule has 1 heterocycles. The van der Waals surface area contributed by atoms with E-state index in [1.807, 2.05) is 0 Å². The second kappa shape index (κ2) is 11.7. The van der Waals surface area contributed by atoms with Gasteiger partial charge in [0.05, 0.1) is 19.3 Å². The van der Waals surface area contributed by atoms with Crippen molar-refractivity contribution < 1.29 is 31.8 Å². The van der Waals surface area contributed by atoms with Gasteiger partial charge in [-0.1, -0.05) is 31.9 Å². The first kappa shape index (κ1) is 25.3. The maximum atomic E-state index is 14.6. The number of rotatable bonds is 11. The summed E-state index contributed by atoms with van der Waals surface area (Å²) in [5, 5.41) is 0. The van der Waals surface area contributed by atoms with Crippen LogP contribution in [0.25, 0.3) is 0 Å². The van der Waals surface area contributed by atoms with Crippen LogP contribution < -0.4 is 9.47 Å². The molecule has 3 nitrogen and oxygen atoms in total. The maximum Gasteiger partial charge on any atom is 0.285 e. The summed E-state index contributed by atoms with van der Waals surface area (Å²) in [5.74, 6) is -4.35. The van der Waals surface area contributed by atoms with Crippen LogP contribution in [0, 0.1) is 17.6 Å². The van der Waals surface area contributed by atoms with Crippen molar-refractivity contribution in [2.45, 2.75) is 64.4 Å². The van der Waals surface area contributed by atoms with Crippen molar-refractivity contribution in [2.75, 3.05) is 19.8 Å². The summed E-state index contributed by atoms with van der Waals surface area (Å²) in [4.78, 5) is 0. The largest absolute Gasteiger partial charge is 0.494 e. The third kappa shape index (κ3) is 7.36. The lowest BCUT2D eigenvalue weighted by molar-refractivity contribution is -0.0415. The van der Waals surface area contributed by atoms with E-state index in [4.69, 9.17) is 14.2 Å². The molecule has 3 rings (SSSR count). The van der Waals surface area contributed by atoms with Crippen molar-refractivity contribution in [3.63, 3.8) is 0 Å². The van der Waals surface area contributed by atoms with E-state index in [-0.39, 0.29) is 23.2 Å². The molecule has 2 atom stereocenters. The first-order valence-electron chi connectivity index (χ1n) is 11.6. The number of hydrogen-bond acceptors (Lipinski definition) is 3. The fourth-order valence-electron chi connectivity index (χ4n) is 4.06. The van der Waals surface area contributed by atoms with Crippen LogP contribution >= 0.6 is 0 Å².